The molecule has 2 aliphatic heterocycles. The Morgan fingerprint density at radius 3 is 2.72 bits per heavy atom. The third-order valence-electron chi connectivity index (χ3n) is 7.19. The van der Waals surface area contributed by atoms with Crippen molar-refractivity contribution in [1.29, 1.82) is 0 Å². The maximum atomic E-state index is 12.8. The Morgan fingerprint density at radius 1 is 1.16 bits per heavy atom. The van der Waals surface area contributed by atoms with Crippen molar-refractivity contribution in [2.75, 3.05) is 26.3 Å². The fraction of sp³-hybridized carbons (Fsp3) is 0.542. The lowest BCUT2D eigenvalue weighted by molar-refractivity contribution is -0.178. The second-order valence-corrected chi connectivity index (χ2v) is 10.00. The average molecular weight is 453 g/mol. The molecule has 0 atom stereocenters. The molecule has 1 saturated carbocycles. The molecule has 3 aromatic rings. The van der Waals surface area contributed by atoms with Gasteiger partial charge in [0.15, 0.2) is 10.8 Å². The molecule has 1 aliphatic carbocycles. The summed E-state index contributed by atoms with van der Waals surface area (Å²) in [5, 5.41) is 3.64. The number of H-pyrrole nitrogens is 1. The van der Waals surface area contributed by atoms with E-state index in [-0.39, 0.29) is 11.7 Å². The van der Waals surface area contributed by atoms with Crippen LogP contribution in [0.15, 0.2) is 23.8 Å². The number of carbonyl (C=O) groups excluding carboxylic acids is 1. The summed E-state index contributed by atoms with van der Waals surface area (Å²) in [5.41, 5.74) is 3.97. The molecule has 32 heavy (non-hydrogen) atoms. The number of thiazole rings is 1. The van der Waals surface area contributed by atoms with Gasteiger partial charge in [0.1, 0.15) is 5.65 Å². The first kappa shape index (κ1) is 20.3. The van der Waals surface area contributed by atoms with Crippen LogP contribution in [0.5, 0.6) is 0 Å². The standard InChI is InChI=1S/C24H28N4O3S/c29-23(28-8-2-1-3-9-28)22-27-20(15-32-22)19-14-26-21-18(19)12-17(13-25-21)16-4-6-24(7-5-16)30-10-11-31-24/h12-16H,1-11H2,(H,25,26). The Labute approximate surface area is 191 Å². The molecular formula is C24H28N4O3S. The van der Waals surface area contributed by atoms with E-state index in [4.69, 9.17) is 14.5 Å². The molecule has 1 N–H and O–H groups in total. The summed E-state index contributed by atoms with van der Waals surface area (Å²) in [7, 11) is 0. The first-order chi connectivity index (χ1) is 15.7. The smallest absolute Gasteiger partial charge is 0.282 e. The van der Waals surface area contributed by atoms with E-state index in [2.05, 4.69) is 16.0 Å². The van der Waals surface area contributed by atoms with Crippen LogP contribution in [0.1, 0.15) is 66.2 Å². The van der Waals surface area contributed by atoms with Crippen LogP contribution in [0.4, 0.5) is 0 Å². The minimum Gasteiger partial charge on any atom is -0.348 e. The van der Waals surface area contributed by atoms with Crippen molar-refractivity contribution in [3.8, 4) is 11.3 Å². The van der Waals surface area contributed by atoms with Gasteiger partial charge in [0.25, 0.3) is 5.91 Å². The second-order valence-electron chi connectivity index (χ2n) is 9.14. The van der Waals surface area contributed by atoms with E-state index in [9.17, 15) is 4.79 Å². The minimum absolute atomic E-state index is 0.0621. The van der Waals surface area contributed by atoms with Crippen molar-refractivity contribution < 1.29 is 14.3 Å². The lowest BCUT2D eigenvalue weighted by atomic mass is 9.81. The molecule has 8 heteroatoms. The quantitative estimate of drug-likeness (QED) is 0.622. The molecule has 0 bridgehead atoms. The number of pyridine rings is 1. The van der Waals surface area contributed by atoms with Crippen molar-refractivity contribution in [3.63, 3.8) is 0 Å². The first-order valence-corrected chi connectivity index (χ1v) is 12.6. The van der Waals surface area contributed by atoms with Gasteiger partial charge in [-0.15, -0.1) is 11.3 Å². The number of hydrogen-bond acceptors (Lipinski definition) is 6. The summed E-state index contributed by atoms with van der Waals surface area (Å²) in [6.07, 6.45) is 11.3. The van der Waals surface area contributed by atoms with Gasteiger partial charge in [-0.05, 0) is 49.7 Å². The summed E-state index contributed by atoms with van der Waals surface area (Å²) >= 11 is 1.44. The summed E-state index contributed by atoms with van der Waals surface area (Å²) in [6.45, 7) is 3.10. The molecule has 1 amide bonds. The predicted molar refractivity (Wildman–Crippen MR) is 123 cm³/mol. The highest BCUT2D eigenvalue weighted by atomic mass is 32.1. The molecule has 3 aromatic heterocycles. The van der Waals surface area contributed by atoms with Crippen molar-refractivity contribution in [3.05, 3.63) is 34.4 Å². The van der Waals surface area contributed by atoms with Gasteiger partial charge in [-0.1, -0.05) is 0 Å². The molecule has 0 unspecified atom stereocenters. The number of hydrogen-bond donors (Lipinski definition) is 1. The number of piperidine rings is 1. The summed E-state index contributed by atoms with van der Waals surface area (Å²) in [5.74, 6) is 0.178. The number of aromatic nitrogens is 3. The SMILES string of the molecule is O=C(c1nc(-c2c[nH]c3ncc(C4CCC5(CC4)OCCO5)cc23)cs1)N1CCCCC1. The Hall–Kier alpha value is -2.29. The third kappa shape index (κ3) is 3.64. The van der Waals surface area contributed by atoms with Crippen LogP contribution in [-0.2, 0) is 9.47 Å². The topological polar surface area (TPSA) is 80.3 Å². The molecule has 6 rings (SSSR count). The van der Waals surface area contributed by atoms with Crippen LogP contribution >= 0.6 is 11.3 Å². The Morgan fingerprint density at radius 2 is 1.94 bits per heavy atom. The predicted octanol–water partition coefficient (Wildman–Crippen LogP) is 4.71. The highest BCUT2D eigenvalue weighted by molar-refractivity contribution is 7.12. The monoisotopic (exact) mass is 452 g/mol. The van der Waals surface area contributed by atoms with Crippen molar-refractivity contribution >= 4 is 28.3 Å². The molecule has 1 spiro atoms. The van der Waals surface area contributed by atoms with E-state index < -0.39 is 0 Å². The average Bonchev–Trinajstić information content (AvgIpc) is 3.59. The molecule has 3 aliphatic rings. The number of fused-ring (bicyclic) bond motifs is 1. The highest BCUT2D eigenvalue weighted by Crippen LogP contribution is 2.43. The maximum Gasteiger partial charge on any atom is 0.282 e. The van der Waals surface area contributed by atoms with Gasteiger partial charge in [0.2, 0.25) is 0 Å². The Balaban J connectivity index is 1.24. The first-order valence-electron chi connectivity index (χ1n) is 11.7. The number of rotatable bonds is 3. The molecular weight excluding hydrogens is 424 g/mol. The molecule has 3 fully saturated rings. The molecule has 7 nitrogen and oxygen atoms in total. The van der Waals surface area contributed by atoms with Crippen LogP contribution in [0.3, 0.4) is 0 Å². The van der Waals surface area contributed by atoms with Crippen LogP contribution < -0.4 is 0 Å². The number of ether oxygens (including phenoxy) is 2. The van der Waals surface area contributed by atoms with Crippen molar-refractivity contribution in [1.82, 2.24) is 19.9 Å². The molecule has 5 heterocycles. The zero-order valence-corrected chi connectivity index (χ0v) is 19.0. The number of nitrogens with one attached hydrogen (secondary N) is 1. The zero-order chi connectivity index (χ0) is 21.5. The van der Waals surface area contributed by atoms with Gasteiger partial charge in [0.05, 0.1) is 18.9 Å². The molecule has 0 radical (unpaired) electrons. The molecule has 0 aromatic carbocycles. The number of likely N-dealkylation sites (tertiary alicyclic amines) is 1. The number of aromatic amines is 1. The summed E-state index contributed by atoms with van der Waals surface area (Å²) < 4.78 is 11.8. The lowest BCUT2D eigenvalue weighted by Crippen LogP contribution is -2.35. The lowest BCUT2D eigenvalue weighted by Gasteiger charge is -2.35. The van der Waals surface area contributed by atoms with Gasteiger partial charge >= 0.3 is 0 Å². The van der Waals surface area contributed by atoms with E-state index in [1.165, 1.54) is 23.3 Å². The summed E-state index contributed by atoms with van der Waals surface area (Å²) in [4.78, 5) is 27.5. The van der Waals surface area contributed by atoms with E-state index in [1.807, 2.05) is 22.7 Å². The van der Waals surface area contributed by atoms with Gasteiger partial charge in [-0.2, -0.15) is 0 Å². The van der Waals surface area contributed by atoms with Crippen molar-refractivity contribution in [2.45, 2.75) is 56.7 Å². The third-order valence-corrected chi connectivity index (χ3v) is 8.02. The number of nitrogens with zero attached hydrogens (tertiary/aromatic N) is 3. The van der Waals surface area contributed by atoms with Crippen LogP contribution in [0, 0.1) is 0 Å². The normalized spacial score (nSPS) is 21.6. The minimum atomic E-state index is -0.342. The maximum absolute atomic E-state index is 12.8. The Bertz CT molecular complexity index is 1120. The molecule has 2 saturated heterocycles. The van der Waals surface area contributed by atoms with Crippen LogP contribution in [-0.4, -0.2) is 57.8 Å². The van der Waals surface area contributed by atoms with Gasteiger partial charge in [0, 0.05) is 54.7 Å². The van der Waals surface area contributed by atoms with E-state index in [1.54, 1.807) is 0 Å². The van der Waals surface area contributed by atoms with Gasteiger partial charge in [-0.3, -0.25) is 4.79 Å². The second kappa shape index (κ2) is 8.24. The Kier molecular flexibility index (Phi) is 5.24. The van der Waals surface area contributed by atoms with E-state index in [0.29, 0.717) is 24.1 Å². The van der Waals surface area contributed by atoms with Crippen LogP contribution in [0.25, 0.3) is 22.3 Å². The summed E-state index contributed by atoms with van der Waals surface area (Å²) in [6, 6.07) is 2.25. The number of amides is 1. The van der Waals surface area contributed by atoms with E-state index in [0.717, 1.165) is 73.9 Å². The van der Waals surface area contributed by atoms with Crippen LogP contribution in [0.2, 0.25) is 0 Å². The zero-order valence-electron chi connectivity index (χ0n) is 18.1. The van der Waals surface area contributed by atoms with Gasteiger partial charge in [-0.25, -0.2) is 9.97 Å². The van der Waals surface area contributed by atoms with Gasteiger partial charge < -0.3 is 19.4 Å². The fourth-order valence-corrected chi connectivity index (χ4v) is 6.14. The fourth-order valence-electron chi connectivity index (χ4n) is 5.36. The highest BCUT2D eigenvalue weighted by Gasteiger charge is 2.40. The van der Waals surface area contributed by atoms with Crippen molar-refractivity contribution in [2.24, 2.45) is 0 Å². The largest absolute Gasteiger partial charge is 0.348 e. The van der Waals surface area contributed by atoms with E-state index >= 15 is 0 Å². The number of carbonyl (C=O) groups is 1. The molecule has 168 valence electrons.